The van der Waals surface area contributed by atoms with E-state index in [9.17, 15) is 31.9 Å². The summed E-state index contributed by atoms with van der Waals surface area (Å²) in [6.07, 6.45) is -3.25. The fourth-order valence-corrected chi connectivity index (χ4v) is 6.34. The van der Waals surface area contributed by atoms with Crippen molar-refractivity contribution in [1.82, 2.24) is 15.1 Å². The van der Waals surface area contributed by atoms with Crippen molar-refractivity contribution in [2.24, 2.45) is 0 Å². The third-order valence-electron chi connectivity index (χ3n) is 6.36. The molecule has 1 N–H and O–H groups in total. The number of carbonyl (C=O) groups excluding carboxylic acids is 3. The summed E-state index contributed by atoms with van der Waals surface area (Å²) in [4.78, 5) is 41.4. The average molecular weight is 646 g/mol. The highest BCUT2D eigenvalue weighted by molar-refractivity contribution is 8.26. The second kappa shape index (κ2) is 14.6. The Balaban J connectivity index is 1.22. The molecule has 2 aliphatic rings. The van der Waals surface area contributed by atoms with Crippen molar-refractivity contribution in [1.29, 1.82) is 0 Å². The Bertz CT molecular complexity index is 1360. The van der Waals surface area contributed by atoms with Crippen LogP contribution in [-0.4, -0.2) is 84.4 Å². The number of rotatable bonds is 11. The van der Waals surface area contributed by atoms with Crippen LogP contribution < -0.4 is 5.32 Å². The van der Waals surface area contributed by atoms with Crippen LogP contribution in [0.5, 0.6) is 0 Å². The SMILES string of the molecule is O=C(CCN1C(=O)C(=Cc2cc(-c3ccc(F)c(C(F)(F)F)c3)cs2)SC1=S)NCCC(=O)OCCN1CCOCC1. The number of esters is 1. The second-order valence-electron chi connectivity index (χ2n) is 9.29. The molecule has 2 amide bonds. The van der Waals surface area contributed by atoms with E-state index in [2.05, 4.69) is 10.2 Å². The topological polar surface area (TPSA) is 88.2 Å². The zero-order valence-electron chi connectivity index (χ0n) is 22.2. The highest BCUT2D eigenvalue weighted by Crippen LogP contribution is 2.37. The van der Waals surface area contributed by atoms with Crippen LogP contribution in [0, 0.1) is 5.82 Å². The monoisotopic (exact) mass is 645 g/mol. The maximum atomic E-state index is 13.6. The van der Waals surface area contributed by atoms with E-state index in [0.717, 1.165) is 37.0 Å². The molecule has 2 saturated heterocycles. The van der Waals surface area contributed by atoms with Crippen molar-refractivity contribution in [3.05, 3.63) is 50.8 Å². The van der Waals surface area contributed by atoms with Gasteiger partial charge in [-0.05, 0) is 40.8 Å². The molecule has 0 atom stereocenters. The summed E-state index contributed by atoms with van der Waals surface area (Å²) in [7, 11) is 0. The average Bonchev–Trinajstić information content (AvgIpc) is 3.51. The molecule has 1 aromatic carbocycles. The van der Waals surface area contributed by atoms with Crippen molar-refractivity contribution in [2.45, 2.75) is 19.0 Å². The molecule has 8 nitrogen and oxygen atoms in total. The van der Waals surface area contributed by atoms with Crippen LogP contribution in [0.15, 0.2) is 34.6 Å². The largest absolute Gasteiger partial charge is 0.464 e. The summed E-state index contributed by atoms with van der Waals surface area (Å²) in [5.74, 6) is -2.51. The van der Waals surface area contributed by atoms with Gasteiger partial charge in [0.05, 0.1) is 30.1 Å². The molecule has 15 heteroatoms. The molecule has 0 unspecified atom stereocenters. The maximum absolute atomic E-state index is 13.6. The van der Waals surface area contributed by atoms with Crippen LogP contribution in [0.1, 0.15) is 23.3 Å². The van der Waals surface area contributed by atoms with Crippen molar-refractivity contribution in [2.75, 3.05) is 52.5 Å². The number of morpholine rings is 1. The summed E-state index contributed by atoms with van der Waals surface area (Å²) in [6.45, 7) is 3.97. The van der Waals surface area contributed by atoms with Gasteiger partial charge in [-0.1, -0.05) is 30.0 Å². The van der Waals surface area contributed by atoms with Crippen molar-refractivity contribution in [3.8, 4) is 11.1 Å². The number of ether oxygens (including phenoxy) is 2. The van der Waals surface area contributed by atoms with E-state index in [1.807, 2.05) is 0 Å². The number of nitrogens with one attached hydrogen (secondary N) is 1. The molecule has 4 rings (SSSR count). The van der Waals surface area contributed by atoms with Crippen LogP contribution >= 0.6 is 35.3 Å². The Morgan fingerprint density at radius 3 is 2.62 bits per heavy atom. The lowest BCUT2D eigenvalue weighted by atomic mass is 10.0. The molecule has 1 aromatic heterocycles. The maximum Gasteiger partial charge on any atom is 0.419 e. The Morgan fingerprint density at radius 1 is 1.12 bits per heavy atom. The van der Waals surface area contributed by atoms with E-state index in [4.69, 9.17) is 21.7 Å². The van der Waals surface area contributed by atoms with Crippen LogP contribution in [0.25, 0.3) is 17.2 Å². The van der Waals surface area contributed by atoms with Crippen LogP contribution in [0.4, 0.5) is 17.6 Å². The van der Waals surface area contributed by atoms with Gasteiger partial charge in [-0.25, -0.2) is 4.39 Å². The Labute approximate surface area is 253 Å². The van der Waals surface area contributed by atoms with Crippen LogP contribution in [0.3, 0.4) is 0 Å². The summed E-state index contributed by atoms with van der Waals surface area (Å²) >= 11 is 7.56. The Morgan fingerprint density at radius 2 is 1.88 bits per heavy atom. The quantitative estimate of drug-likeness (QED) is 0.165. The lowest BCUT2D eigenvalue weighted by Gasteiger charge is -2.26. The number of alkyl halides is 3. The number of thiocarbonyl (C=S) groups is 1. The molecule has 42 heavy (non-hydrogen) atoms. The fraction of sp³-hybridized carbons (Fsp3) is 0.407. The van der Waals surface area contributed by atoms with Gasteiger partial charge in [-0.2, -0.15) is 13.2 Å². The molecule has 0 radical (unpaired) electrons. The van der Waals surface area contributed by atoms with Crippen LogP contribution in [0.2, 0.25) is 0 Å². The molecule has 3 heterocycles. The molecule has 0 aliphatic carbocycles. The van der Waals surface area contributed by atoms with Gasteiger partial charge < -0.3 is 14.8 Å². The lowest BCUT2D eigenvalue weighted by Crippen LogP contribution is -2.38. The number of thioether (sulfide) groups is 1. The Hall–Kier alpha value is -2.85. The number of nitrogens with zero attached hydrogens (tertiary/aromatic N) is 2. The number of amides is 2. The number of hydrogen-bond donors (Lipinski definition) is 1. The number of benzene rings is 1. The first-order chi connectivity index (χ1) is 20.0. The summed E-state index contributed by atoms with van der Waals surface area (Å²) < 4.78 is 63.6. The minimum Gasteiger partial charge on any atom is -0.464 e. The summed E-state index contributed by atoms with van der Waals surface area (Å²) in [6, 6.07) is 4.39. The molecular weight excluding hydrogens is 619 g/mol. The van der Waals surface area contributed by atoms with E-state index >= 15 is 0 Å². The number of thiophene rings is 1. The third kappa shape index (κ3) is 8.83. The normalized spacial score (nSPS) is 17.2. The molecule has 2 aromatic rings. The molecule has 2 fully saturated rings. The van der Waals surface area contributed by atoms with Crippen molar-refractivity contribution < 1.29 is 41.4 Å². The van der Waals surface area contributed by atoms with Gasteiger partial charge in [0.15, 0.2) is 0 Å². The highest BCUT2D eigenvalue weighted by atomic mass is 32.2. The number of halogens is 4. The molecule has 0 saturated carbocycles. The first-order valence-electron chi connectivity index (χ1n) is 12.9. The zero-order chi connectivity index (χ0) is 30.3. The second-order valence-corrected chi connectivity index (χ2v) is 11.9. The molecule has 0 spiro atoms. The van der Waals surface area contributed by atoms with E-state index in [1.165, 1.54) is 22.3 Å². The lowest BCUT2D eigenvalue weighted by molar-refractivity contribution is -0.144. The molecule has 2 aliphatic heterocycles. The number of carbonyl (C=O) groups is 3. The summed E-state index contributed by atoms with van der Waals surface area (Å²) in [5.41, 5.74) is -0.707. The summed E-state index contributed by atoms with van der Waals surface area (Å²) in [5, 5.41) is 4.25. The zero-order valence-corrected chi connectivity index (χ0v) is 24.7. The van der Waals surface area contributed by atoms with Gasteiger partial charge >= 0.3 is 12.1 Å². The van der Waals surface area contributed by atoms with Gasteiger partial charge in [0, 0.05) is 44.0 Å². The van der Waals surface area contributed by atoms with E-state index in [-0.39, 0.29) is 48.3 Å². The van der Waals surface area contributed by atoms with Gasteiger partial charge in [0.25, 0.3) is 5.91 Å². The molecule has 0 bridgehead atoms. The van der Waals surface area contributed by atoms with Gasteiger partial charge in [0.1, 0.15) is 16.7 Å². The van der Waals surface area contributed by atoms with Gasteiger partial charge in [0.2, 0.25) is 5.91 Å². The van der Waals surface area contributed by atoms with E-state index in [1.54, 1.807) is 17.5 Å². The fourth-order valence-electron chi connectivity index (χ4n) is 4.12. The third-order valence-corrected chi connectivity index (χ3v) is 8.62. The van der Waals surface area contributed by atoms with Crippen molar-refractivity contribution in [3.63, 3.8) is 0 Å². The predicted molar refractivity (Wildman–Crippen MR) is 155 cm³/mol. The van der Waals surface area contributed by atoms with Gasteiger partial charge in [-0.15, -0.1) is 11.3 Å². The Kier molecular flexibility index (Phi) is 11.1. The predicted octanol–water partition coefficient (Wildman–Crippen LogP) is 4.55. The highest BCUT2D eigenvalue weighted by Gasteiger charge is 2.35. The standard InChI is InChI=1S/C27H27F4N3O5S3/c28-21-2-1-17(14-20(21)27(29,30)31)18-13-19(41-16-18)15-22-25(37)34(26(40)42-22)6-4-23(35)32-5-3-24(36)39-12-9-33-7-10-38-11-8-33/h1-2,13-16H,3-12H2,(H,32,35). The first kappa shape index (κ1) is 32.1. The molecular formula is C27H27F4N3O5S3. The molecule has 226 valence electrons. The van der Waals surface area contributed by atoms with E-state index in [0.29, 0.717) is 35.1 Å². The van der Waals surface area contributed by atoms with Gasteiger partial charge in [-0.3, -0.25) is 24.2 Å². The smallest absolute Gasteiger partial charge is 0.419 e. The minimum absolute atomic E-state index is 0.0247. The van der Waals surface area contributed by atoms with Crippen molar-refractivity contribution >= 4 is 63.5 Å². The van der Waals surface area contributed by atoms with Crippen LogP contribution in [-0.2, 0) is 30.0 Å². The number of hydrogen-bond acceptors (Lipinski definition) is 9. The van der Waals surface area contributed by atoms with E-state index < -0.39 is 29.4 Å². The first-order valence-corrected chi connectivity index (χ1v) is 15.0. The minimum atomic E-state index is -4.82.